The number of aliphatic imine (C=N–C) groups is 1. The Labute approximate surface area is 108 Å². The minimum atomic E-state index is 0.376. The van der Waals surface area contributed by atoms with Crippen LogP contribution in [-0.2, 0) is 0 Å². The summed E-state index contributed by atoms with van der Waals surface area (Å²) in [4.78, 5) is 9.04. The first-order valence-corrected chi connectivity index (χ1v) is 6.99. The highest BCUT2D eigenvalue weighted by molar-refractivity contribution is 7.09. The van der Waals surface area contributed by atoms with Gasteiger partial charge < -0.3 is 10.6 Å². The van der Waals surface area contributed by atoms with E-state index in [9.17, 15) is 0 Å². The molecule has 2 N–H and O–H groups in total. The van der Waals surface area contributed by atoms with Crippen LogP contribution >= 0.6 is 11.3 Å². The first-order valence-electron chi connectivity index (χ1n) is 6.11. The summed E-state index contributed by atoms with van der Waals surface area (Å²) in [6.07, 6.45) is 0. The van der Waals surface area contributed by atoms with Crippen molar-refractivity contribution in [3.8, 4) is 0 Å². The molecule has 0 aliphatic heterocycles. The van der Waals surface area contributed by atoms with Gasteiger partial charge in [0.15, 0.2) is 5.96 Å². The predicted molar refractivity (Wildman–Crippen MR) is 74.9 cm³/mol. The molecule has 17 heavy (non-hydrogen) atoms. The van der Waals surface area contributed by atoms with Gasteiger partial charge in [-0.05, 0) is 20.8 Å². The molecule has 0 aliphatic carbocycles. The van der Waals surface area contributed by atoms with E-state index < -0.39 is 0 Å². The van der Waals surface area contributed by atoms with E-state index in [2.05, 4.69) is 46.8 Å². The molecule has 0 aliphatic rings. The van der Waals surface area contributed by atoms with Crippen molar-refractivity contribution in [2.24, 2.45) is 4.99 Å². The molecule has 0 saturated heterocycles. The topological polar surface area (TPSA) is 49.3 Å². The predicted octanol–water partition coefficient (Wildman–Crippen LogP) is 2.13. The molecule has 0 radical (unpaired) electrons. The Morgan fingerprint density at radius 2 is 2.06 bits per heavy atom. The van der Waals surface area contributed by atoms with Crippen LogP contribution in [0.5, 0.6) is 0 Å². The molecule has 1 heterocycles. The lowest BCUT2D eigenvalue weighted by Crippen LogP contribution is -2.37. The van der Waals surface area contributed by atoms with Gasteiger partial charge in [0.1, 0.15) is 0 Å². The van der Waals surface area contributed by atoms with Crippen molar-refractivity contribution in [1.82, 2.24) is 15.6 Å². The molecule has 0 amide bonds. The number of thiazole rings is 1. The van der Waals surface area contributed by atoms with Crippen molar-refractivity contribution in [3.63, 3.8) is 0 Å². The average Bonchev–Trinajstić information content (AvgIpc) is 2.73. The van der Waals surface area contributed by atoms with Gasteiger partial charge >= 0.3 is 0 Å². The Hall–Kier alpha value is -1.10. The second kappa shape index (κ2) is 7.27. The molecule has 0 fully saturated rings. The van der Waals surface area contributed by atoms with Crippen molar-refractivity contribution in [1.29, 1.82) is 0 Å². The van der Waals surface area contributed by atoms with Crippen LogP contribution in [0.1, 0.15) is 37.4 Å². The molecule has 96 valence electrons. The normalized spacial score (nSPS) is 12.0. The fourth-order valence-corrected chi connectivity index (χ4v) is 2.26. The molecule has 1 rings (SSSR count). The van der Waals surface area contributed by atoms with E-state index in [0.29, 0.717) is 5.92 Å². The lowest BCUT2D eigenvalue weighted by molar-refractivity contribution is 0.745. The first-order chi connectivity index (χ1) is 8.17. The minimum Gasteiger partial charge on any atom is -0.357 e. The lowest BCUT2D eigenvalue weighted by atomic mass is 10.2. The molecule has 0 saturated carbocycles. The number of aryl methyl sites for hydroxylation is 1. The highest BCUT2D eigenvalue weighted by Crippen LogP contribution is 2.19. The molecule has 5 heteroatoms. The summed E-state index contributed by atoms with van der Waals surface area (Å²) >= 11 is 1.71. The average molecular weight is 254 g/mol. The molecule has 0 spiro atoms. The van der Waals surface area contributed by atoms with E-state index in [1.165, 1.54) is 5.01 Å². The van der Waals surface area contributed by atoms with Crippen LogP contribution in [0, 0.1) is 6.92 Å². The minimum absolute atomic E-state index is 0.376. The molecule has 1 unspecified atom stereocenters. The Balaban J connectivity index is 2.54. The Morgan fingerprint density at radius 1 is 1.41 bits per heavy atom. The van der Waals surface area contributed by atoms with Crippen LogP contribution < -0.4 is 10.6 Å². The maximum Gasteiger partial charge on any atom is 0.191 e. The van der Waals surface area contributed by atoms with E-state index in [-0.39, 0.29) is 0 Å². The molecule has 0 aromatic carbocycles. The van der Waals surface area contributed by atoms with Crippen LogP contribution in [0.15, 0.2) is 10.4 Å². The van der Waals surface area contributed by atoms with Crippen molar-refractivity contribution in [2.75, 3.05) is 19.6 Å². The third kappa shape index (κ3) is 4.73. The zero-order valence-electron chi connectivity index (χ0n) is 11.1. The smallest absolute Gasteiger partial charge is 0.191 e. The van der Waals surface area contributed by atoms with E-state index in [0.717, 1.165) is 31.3 Å². The van der Waals surface area contributed by atoms with Crippen LogP contribution in [0.25, 0.3) is 0 Å². The molecular formula is C12H22N4S. The molecule has 1 atom stereocenters. The van der Waals surface area contributed by atoms with E-state index in [1.54, 1.807) is 11.3 Å². The Morgan fingerprint density at radius 3 is 2.53 bits per heavy atom. The molecule has 4 nitrogen and oxygen atoms in total. The number of nitrogens with one attached hydrogen (secondary N) is 2. The number of hydrogen-bond donors (Lipinski definition) is 2. The monoisotopic (exact) mass is 254 g/mol. The van der Waals surface area contributed by atoms with Crippen LogP contribution in [0.4, 0.5) is 0 Å². The van der Waals surface area contributed by atoms with Crippen molar-refractivity contribution >= 4 is 17.3 Å². The van der Waals surface area contributed by atoms with E-state index in [4.69, 9.17) is 0 Å². The van der Waals surface area contributed by atoms with Crippen molar-refractivity contribution in [2.45, 2.75) is 33.6 Å². The standard InChI is InChI=1S/C12H22N4S/c1-5-13-12(14-6-2)15-7-9(3)11-16-10(4)8-17-11/h8-9H,5-7H2,1-4H3,(H2,13,14,15). The van der Waals surface area contributed by atoms with Gasteiger partial charge in [-0.3, -0.25) is 4.99 Å². The summed E-state index contributed by atoms with van der Waals surface area (Å²) in [5, 5.41) is 9.69. The molecule has 0 bridgehead atoms. The van der Waals surface area contributed by atoms with Gasteiger partial charge in [0.05, 0.1) is 11.6 Å². The summed E-state index contributed by atoms with van der Waals surface area (Å²) in [5.74, 6) is 1.26. The van der Waals surface area contributed by atoms with E-state index >= 15 is 0 Å². The highest BCUT2D eigenvalue weighted by Gasteiger charge is 2.09. The van der Waals surface area contributed by atoms with Gasteiger partial charge in [-0.2, -0.15) is 0 Å². The maximum atomic E-state index is 4.55. The Kier molecular flexibility index (Phi) is 5.97. The molecular weight excluding hydrogens is 232 g/mol. The fourth-order valence-electron chi connectivity index (χ4n) is 1.41. The zero-order valence-corrected chi connectivity index (χ0v) is 11.9. The van der Waals surface area contributed by atoms with Gasteiger partial charge in [-0.15, -0.1) is 11.3 Å². The number of rotatable bonds is 5. The van der Waals surface area contributed by atoms with E-state index in [1.807, 2.05) is 6.92 Å². The first kappa shape index (κ1) is 14.0. The second-order valence-electron chi connectivity index (χ2n) is 3.98. The third-order valence-electron chi connectivity index (χ3n) is 2.27. The highest BCUT2D eigenvalue weighted by atomic mass is 32.1. The lowest BCUT2D eigenvalue weighted by Gasteiger charge is -2.10. The third-order valence-corrected chi connectivity index (χ3v) is 3.46. The van der Waals surface area contributed by atoms with Gasteiger partial charge in [0, 0.05) is 30.1 Å². The largest absolute Gasteiger partial charge is 0.357 e. The van der Waals surface area contributed by atoms with Crippen LogP contribution in [-0.4, -0.2) is 30.6 Å². The van der Waals surface area contributed by atoms with Gasteiger partial charge in [-0.1, -0.05) is 6.92 Å². The second-order valence-corrected chi connectivity index (χ2v) is 4.87. The van der Waals surface area contributed by atoms with Gasteiger partial charge in [0.2, 0.25) is 0 Å². The number of aromatic nitrogens is 1. The van der Waals surface area contributed by atoms with Crippen molar-refractivity contribution < 1.29 is 0 Å². The summed E-state index contributed by atoms with van der Waals surface area (Å²) < 4.78 is 0. The number of nitrogens with zero attached hydrogens (tertiary/aromatic N) is 2. The fraction of sp³-hybridized carbons (Fsp3) is 0.667. The van der Waals surface area contributed by atoms with Gasteiger partial charge in [0.25, 0.3) is 0 Å². The zero-order chi connectivity index (χ0) is 12.7. The van der Waals surface area contributed by atoms with Crippen LogP contribution in [0.2, 0.25) is 0 Å². The molecule has 1 aromatic heterocycles. The van der Waals surface area contributed by atoms with Crippen LogP contribution in [0.3, 0.4) is 0 Å². The summed E-state index contributed by atoms with van der Waals surface area (Å²) in [6.45, 7) is 10.9. The summed E-state index contributed by atoms with van der Waals surface area (Å²) in [7, 11) is 0. The quantitative estimate of drug-likeness (QED) is 0.625. The maximum absolute atomic E-state index is 4.55. The summed E-state index contributed by atoms with van der Waals surface area (Å²) in [6, 6.07) is 0. The van der Waals surface area contributed by atoms with Crippen molar-refractivity contribution in [3.05, 3.63) is 16.1 Å². The Bertz CT molecular complexity index is 351. The number of hydrogen-bond acceptors (Lipinski definition) is 3. The molecule has 1 aromatic rings. The SMILES string of the molecule is CCNC(=NCC(C)c1nc(C)cs1)NCC. The summed E-state index contributed by atoms with van der Waals surface area (Å²) in [5.41, 5.74) is 1.10. The number of guanidine groups is 1. The van der Waals surface area contributed by atoms with Gasteiger partial charge in [-0.25, -0.2) is 4.98 Å².